The first-order chi connectivity index (χ1) is 62.8. The van der Waals surface area contributed by atoms with Gasteiger partial charge in [0, 0.05) is 352 Å². The average Bonchev–Trinajstić information content (AvgIpc) is 1.37. The summed E-state index contributed by atoms with van der Waals surface area (Å²) in [5.74, 6) is -6.42. The van der Waals surface area contributed by atoms with Gasteiger partial charge in [-0.1, -0.05) is 137 Å². The van der Waals surface area contributed by atoms with E-state index < -0.39 is 103 Å². The van der Waals surface area contributed by atoms with Crippen molar-refractivity contribution >= 4 is 41.4 Å². The van der Waals surface area contributed by atoms with Gasteiger partial charge in [0.25, 0.3) is 0 Å². The zero-order valence-electron chi connectivity index (χ0n) is 78.9. The molecule has 0 saturated carbocycles. The van der Waals surface area contributed by atoms with Crippen LogP contribution < -0.4 is 38.0 Å². The van der Waals surface area contributed by atoms with E-state index in [1.54, 1.807) is 70.8 Å². The Kier molecular flexibility index (Phi) is 60.2. The van der Waals surface area contributed by atoms with Crippen LogP contribution in [0.15, 0.2) is 76.9 Å². The Hall–Kier alpha value is -6.33. The topological polar surface area (TPSA) is 562 Å². The van der Waals surface area contributed by atoms with Gasteiger partial charge in [-0.15, -0.1) is 19.6 Å². The third-order valence-corrected chi connectivity index (χ3v) is 20.5. The Morgan fingerprint density at radius 3 is 0.891 bits per heavy atom. The predicted octanol–water partition coefficient (Wildman–Crippen LogP) is 2.47. The summed E-state index contributed by atoms with van der Waals surface area (Å²) in [4.78, 5) is 171. The summed E-state index contributed by atoms with van der Waals surface area (Å²) in [7, 11) is 0. The summed E-state index contributed by atoms with van der Waals surface area (Å²) in [6.45, 7) is 46.9. The monoisotopic (exact) mass is 2450 g/mol. The number of ether oxygens (including phenoxy) is 3. The second-order valence-corrected chi connectivity index (χ2v) is 27.6. The number of morpholine rings is 1. The molecule has 7 radical (unpaired) electrons. The molecule has 7 fully saturated rings. The van der Waals surface area contributed by atoms with Crippen LogP contribution in [0.4, 0.5) is 0 Å². The minimum absolute atomic E-state index is 0. The van der Waals surface area contributed by atoms with E-state index in [1.807, 2.05) is 96.9 Å². The number of fused-ring (bicyclic) bond motifs is 14. The molecule has 7 aromatic heterocycles. The van der Waals surface area contributed by atoms with Gasteiger partial charge in [-0.25, -0.2) is 35.7 Å². The van der Waals surface area contributed by atoms with E-state index in [0.717, 1.165) is 114 Å². The number of aromatic nitrogens is 14. The van der Waals surface area contributed by atoms with Crippen molar-refractivity contribution in [2.24, 2.45) is 0 Å². The third kappa shape index (κ3) is 29.3. The number of carbonyl (C=O) groups excluding carboxylic acids is 7. The van der Waals surface area contributed by atoms with Crippen LogP contribution in [0.5, 0.6) is 40.2 Å². The van der Waals surface area contributed by atoms with Crippen LogP contribution in [0.1, 0.15) is 236 Å². The molecule has 7 N–H and O–H groups in total. The van der Waals surface area contributed by atoms with E-state index >= 15 is 0 Å². The molecule has 138 heavy (non-hydrogen) atoms. The van der Waals surface area contributed by atoms with E-state index in [1.165, 1.54) is 52.6 Å². The smallest absolute Gasteiger partial charge is 0.223 e. The zero-order chi connectivity index (χ0) is 95.8. The van der Waals surface area contributed by atoms with Gasteiger partial charge in [0.2, 0.25) is 49.8 Å². The molecule has 7 saturated heterocycles. The third-order valence-electron chi connectivity index (χ3n) is 20.5. The Morgan fingerprint density at radius 2 is 0.522 bits per heavy atom. The summed E-state index contributed by atoms with van der Waals surface area (Å²) < 4.78 is 24.7. The first kappa shape index (κ1) is 132. The van der Waals surface area contributed by atoms with Gasteiger partial charge in [0.15, 0.2) is 29.5 Å². The summed E-state index contributed by atoms with van der Waals surface area (Å²) in [6, 6.07) is -0.134. The SMILES string of the molecule is C.CC.CC.CC.CC.CC.CC.CC.O=C1c2c(O)c(=O)cnn2[CH-]C2CCCCN12.O=C1c2c(O)c(=O)cnn2[CH-]C2CCCN12.O=C1c2c(O)c(=O)cnn2[CH-]C2COCCN12.O=C1c2c(O)c(=O)cnn2[CH-]C2OCCCN12.O=C1c2c(O)c(=O)cnn2[CH-]C2OCCN12.O=C1c2c(O)c(=O)cnn2[CH-]N2CCCCN12.O=C1c2c(O)c(=O)cnn2[CH-]N2CCCN12.[Y].[Y].[Y].[Y].[Y].[Y].[Y]. The molecule has 0 bridgehead atoms. The number of nitrogens with zero attached hydrogens (tertiary/aromatic N) is 23. The van der Waals surface area contributed by atoms with Gasteiger partial charge in [0.1, 0.15) is 52.7 Å². The van der Waals surface area contributed by atoms with Gasteiger partial charge in [-0.2, -0.15) is 0 Å². The number of aromatic hydroxyl groups is 7. The molecular formula is C84H116N23O24Y7-7. The summed E-state index contributed by atoms with van der Waals surface area (Å²) in [5, 5.41) is 100. The number of hydrazine groups is 2. The Balaban J connectivity index is 0.00000154. The Morgan fingerprint density at radius 1 is 0.268 bits per heavy atom. The molecular weight excluding hydrogens is 2340 g/mol. The fourth-order valence-corrected chi connectivity index (χ4v) is 14.7. The van der Waals surface area contributed by atoms with Crippen molar-refractivity contribution in [1.29, 1.82) is 0 Å². The molecule has 5 atom stereocenters. The van der Waals surface area contributed by atoms with Crippen molar-refractivity contribution < 1.29 is 312 Å². The second-order valence-electron chi connectivity index (χ2n) is 27.6. The number of hydrogen-bond acceptors (Lipinski definition) is 33. The number of piperidine rings is 1. The van der Waals surface area contributed by atoms with Gasteiger partial charge >= 0.3 is 0 Å². The van der Waals surface area contributed by atoms with E-state index in [-0.39, 0.29) is 324 Å². The van der Waals surface area contributed by atoms with Crippen LogP contribution in [0.2, 0.25) is 0 Å². The Bertz CT molecular complexity index is 5060. The fraction of sp³-hybridized carbons (Fsp3) is 0.500. The Labute approximate surface area is 973 Å². The van der Waals surface area contributed by atoms with Crippen molar-refractivity contribution in [1.82, 2.24) is 113 Å². The van der Waals surface area contributed by atoms with Gasteiger partial charge < -0.3 is 107 Å². The fourth-order valence-electron chi connectivity index (χ4n) is 14.7. The number of amides is 7. The van der Waals surface area contributed by atoms with Crippen LogP contribution in [-0.4, -0.2) is 306 Å². The molecule has 14 aliphatic heterocycles. The van der Waals surface area contributed by atoms with E-state index in [0.29, 0.717) is 72.2 Å². The van der Waals surface area contributed by atoms with Crippen molar-refractivity contribution in [3.05, 3.63) is 201 Å². The minimum Gasteiger partial charge on any atom is -0.520 e. The largest absolute Gasteiger partial charge is 0.520 e. The van der Waals surface area contributed by atoms with Gasteiger partial charge in [-0.3, -0.25) is 87.2 Å². The van der Waals surface area contributed by atoms with E-state index in [4.69, 9.17) is 14.2 Å². The number of carbonyl (C=O) groups is 7. The quantitative estimate of drug-likeness (QED) is 0.107. The van der Waals surface area contributed by atoms with Crippen molar-refractivity contribution in [2.45, 2.75) is 193 Å². The molecule has 0 aliphatic carbocycles. The summed E-state index contributed by atoms with van der Waals surface area (Å²) >= 11 is 0. The van der Waals surface area contributed by atoms with Crippen molar-refractivity contribution in [3.8, 4) is 40.2 Å². The first-order valence-electron chi connectivity index (χ1n) is 43.4. The van der Waals surface area contributed by atoms with Crippen LogP contribution in [0.25, 0.3) is 0 Å². The predicted molar refractivity (Wildman–Crippen MR) is 469 cm³/mol. The second kappa shape index (κ2) is 63.1. The molecule has 739 valence electrons. The van der Waals surface area contributed by atoms with Crippen LogP contribution in [-0.2, 0) is 243 Å². The first-order valence-corrected chi connectivity index (χ1v) is 43.4. The molecule has 0 spiro atoms. The van der Waals surface area contributed by atoms with Crippen molar-refractivity contribution in [2.75, 3.05) is 85.3 Å². The number of hydrogen-bond donors (Lipinski definition) is 7. The molecule has 0 aromatic carbocycles. The van der Waals surface area contributed by atoms with Gasteiger partial charge in [-0.05, 0) is 51.4 Å². The number of rotatable bonds is 0. The standard InChI is InChI=1S/C11H12N3O3.C10H11N4O3.2C10H10N3O4.C10H10N3O3.C9H9N4O3.C9H8N3O4.7C2H6.CH4.7Y/c15-8-5-12-14-6-7-3-1-2-4-13(7)11(17)9(14)10(8)16;15-7-5-11-13-6-12-3-1-2-4-14(12)10(17)8(13)9(7)16;14-7-3-11-13-4-6-5-17-2-1-12(6)10(16)8(13)9(7)15;14-6-4-11-13-5-7-12(2-1-3-17-7)10(16)8(13)9(6)15;14-7-4-11-13-5-6-2-1-3-12(6)10(16)8(13)9(7)15;14-6-4-10-12-5-11-2-1-3-13(11)9(16)7(12)8(6)15;13-5-3-10-12-4-6-11(1-2-16-6)9(15)7(12)8(5)14;7*1-2;;;;;;;;/h5-7,16H,1-4H2;5-6,16H,1-4H2;3-4,6,15H,1-2,5H2;4-5,7,15H,1-3H2;4-6,15H,1-3H2;4-5,15H,1-3H2;3-4,6,14H,1-2H2;7*1-2H3;1H4;;;;;;;/q7*-1;;;;;;;;;;;;;;;. The van der Waals surface area contributed by atoms with E-state index in [9.17, 15) is 103 Å². The normalized spacial score (nSPS) is 18.6. The molecule has 54 heteroatoms. The maximum Gasteiger partial charge on any atom is 0.223 e. The van der Waals surface area contributed by atoms with E-state index in [2.05, 4.69) is 35.7 Å². The molecule has 21 rings (SSSR count). The average molecular weight is 2450 g/mol. The molecule has 47 nitrogen and oxygen atoms in total. The summed E-state index contributed by atoms with van der Waals surface area (Å²) in [6.07, 6.45) is 14.3. The minimum atomic E-state index is -0.661. The van der Waals surface area contributed by atoms with Crippen LogP contribution >= 0.6 is 0 Å². The maximum absolute atomic E-state index is 12.2. The summed E-state index contributed by atoms with van der Waals surface area (Å²) in [5.41, 5.74) is -4.92. The molecule has 14 aliphatic rings. The molecule has 5 unspecified atom stereocenters. The van der Waals surface area contributed by atoms with Crippen LogP contribution in [0, 0.1) is 46.1 Å². The maximum atomic E-state index is 12.2. The molecule has 7 amide bonds. The molecule has 21 heterocycles. The van der Waals surface area contributed by atoms with Crippen molar-refractivity contribution in [3.63, 3.8) is 0 Å². The molecule has 7 aromatic rings. The van der Waals surface area contributed by atoms with Crippen LogP contribution in [0.3, 0.4) is 0 Å². The van der Waals surface area contributed by atoms with Gasteiger partial charge in [0.05, 0.1) is 63.2 Å². The zero-order valence-corrected chi connectivity index (χ0v) is 98.8.